The molecule has 0 bridgehead atoms. The van der Waals surface area contributed by atoms with Gasteiger partial charge in [0, 0.05) is 18.7 Å². The first kappa shape index (κ1) is 20.4. The highest BCUT2D eigenvalue weighted by Crippen LogP contribution is 2.36. The quantitative estimate of drug-likeness (QED) is 0.744. The van der Waals surface area contributed by atoms with Gasteiger partial charge in [-0.15, -0.1) is 0 Å². The average Bonchev–Trinajstić information content (AvgIpc) is 3.20. The Balaban J connectivity index is 1.44. The Kier molecular flexibility index (Phi) is 5.03. The van der Waals surface area contributed by atoms with Gasteiger partial charge in [-0.2, -0.15) is 5.01 Å². The van der Waals surface area contributed by atoms with Crippen LogP contribution in [-0.2, 0) is 14.4 Å². The van der Waals surface area contributed by atoms with Gasteiger partial charge in [0.15, 0.2) is 0 Å². The average molecular weight is 412 g/mol. The fourth-order valence-corrected chi connectivity index (χ4v) is 4.66. The first-order chi connectivity index (χ1) is 14.2. The zero-order chi connectivity index (χ0) is 21.6. The van der Waals surface area contributed by atoms with Gasteiger partial charge in [0.2, 0.25) is 11.8 Å². The molecule has 2 heterocycles. The third kappa shape index (κ3) is 3.34. The molecule has 1 aromatic carbocycles. The lowest BCUT2D eigenvalue weighted by atomic mass is 9.77. The van der Waals surface area contributed by atoms with Crippen molar-refractivity contribution in [2.75, 3.05) is 11.4 Å². The lowest BCUT2D eigenvalue weighted by Gasteiger charge is -2.33. The third-order valence-corrected chi connectivity index (χ3v) is 6.87. The van der Waals surface area contributed by atoms with E-state index >= 15 is 0 Å². The number of nitrogens with zero attached hydrogens (tertiary/aromatic N) is 2. The Morgan fingerprint density at radius 2 is 1.87 bits per heavy atom. The topological polar surface area (TPSA) is 98.8 Å². The first-order valence-electron chi connectivity index (χ1n) is 10.6. The van der Waals surface area contributed by atoms with Crippen LogP contribution < -0.4 is 15.6 Å². The highest BCUT2D eigenvalue weighted by atomic mass is 16.2. The first-order valence-corrected chi connectivity index (χ1v) is 10.6. The van der Waals surface area contributed by atoms with Crippen LogP contribution >= 0.6 is 0 Å². The Labute approximate surface area is 175 Å². The second-order valence-corrected chi connectivity index (χ2v) is 8.94. The van der Waals surface area contributed by atoms with Gasteiger partial charge in [-0.1, -0.05) is 19.1 Å². The molecule has 1 saturated carbocycles. The molecule has 1 atom stereocenters. The van der Waals surface area contributed by atoms with E-state index in [0.717, 1.165) is 34.7 Å². The monoisotopic (exact) mass is 412 g/mol. The molecule has 0 aromatic heterocycles. The highest BCUT2D eigenvalue weighted by Gasteiger charge is 2.53. The summed E-state index contributed by atoms with van der Waals surface area (Å²) >= 11 is 0. The summed E-state index contributed by atoms with van der Waals surface area (Å²) < 4.78 is 0. The van der Waals surface area contributed by atoms with Crippen LogP contribution in [0.15, 0.2) is 18.2 Å². The van der Waals surface area contributed by atoms with Crippen molar-refractivity contribution < 1.29 is 19.2 Å². The van der Waals surface area contributed by atoms with Crippen LogP contribution in [0, 0.1) is 25.7 Å². The molecule has 1 spiro atoms. The molecule has 160 valence electrons. The number of hydrazine groups is 1. The van der Waals surface area contributed by atoms with Crippen LogP contribution in [0.4, 0.5) is 10.5 Å². The minimum absolute atomic E-state index is 0.0471. The predicted molar refractivity (Wildman–Crippen MR) is 110 cm³/mol. The van der Waals surface area contributed by atoms with Crippen molar-refractivity contribution >= 4 is 29.4 Å². The fourth-order valence-electron chi connectivity index (χ4n) is 4.66. The van der Waals surface area contributed by atoms with Gasteiger partial charge in [-0.25, -0.2) is 4.79 Å². The molecule has 8 heteroatoms. The Morgan fingerprint density at radius 3 is 2.57 bits per heavy atom. The van der Waals surface area contributed by atoms with Crippen molar-refractivity contribution in [3.63, 3.8) is 0 Å². The SMILES string of the molecule is Cc1cccc(N2CC(C(=O)NN3C(=O)NC4(CCC(C)CC4)C3=O)CC2=O)c1C. The number of hydrogen-bond donors (Lipinski definition) is 2. The number of carbonyl (C=O) groups is 4. The lowest BCUT2D eigenvalue weighted by molar-refractivity contribution is -0.141. The number of urea groups is 1. The van der Waals surface area contributed by atoms with Gasteiger partial charge < -0.3 is 10.2 Å². The van der Waals surface area contributed by atoms with E-state index in [1.165, 1.54) is 0 Å². The minimum Gasteiger partial charge on any atom is -0.322 e. The molecular weight excluding hydrogens is 384 g/mol. The number of nitrogens with one attached hydrogen (secondary N) is 2. The molecule has 3 aliphatic rings. The zero-order valence-corrected chi connectivity index (χ0v) is 17.7. The van der Waals surface area contributed by atoms with E-state index in [0.29, 0.717) is 18.8 Å². The fraction of sp³-hybridized carbons (Fsp3) is 0.545. The zero-order valence-electron chi connectivity index (χ0n) is 17.7. The minimum atomic E-state index is -0.910. The summed E-state index contributed by atoms with van der Waals surface area (Å²) in [6.07, 6.45) is 2.91. The van der Waals surface area contributed by atoms with E-state index in [9.17, 15) is 19.2 Å². The normalized spacial score (nSPS) is 29.0. The molecule has 30 heavy (non-hydrogen) atoms. The van der Waals surface area contributed by atoms with Gasteiger partial charge in [0.25, 0.3) is 5.91 Å². The number of aryl methyl sites for hydroxylation is 1. The molecular formula is C22H28N4O4. The summed E-state index contributed by atoms with van der Waals surface area (Å²) in [5, 5.41) is 3.60. The maximum absolute atomic E-state index is 12.9. The van der Waals surface area contributed by atoms with Crippen LogP contribution in [0.2, 0.25) is 0 Å². The van der Waals surface area contributed by atoms with Crippen molar-refractivity contribution in [2.45, 2.75) is 58.4 Å². The molecule has 3 fully saturated rings. The van der Waals surface area contributed by atoms with E-state index in [4.69, 9.17) is 0 Å². The van der Waals surface area contributed by atoms with E-state index in [1.54, 1.807) is 4.90 Å². The van der Waals surface area contributed by atoms with E-state index in [2.05, 4.69) is 17.7 Å². The number of hydrogen-bond acceptors (Lipinski definition) is 4. The molecule has 1 aliphatic carbocycles. The van der Waals surface area contributed by atoms with Crippen molar-refractivity contribution in [1.82, 2.24) is 15.8 Å². The van der Waals surface area contributed by atoms with Crippen molar-refractivity contribution in [3.05, 3.63) is 29.3 Å². The number of rotatable bonds is 3. The second-order valence-electron chi connectivity index (χ2n) is 8.94. The molecule has 4 rings (SSSR count). The van der Waals surface area contributed by atoms with Gasteiger partial charge in [-0.05, 0) is 62.6 Å². The molecule has 2 aliphatic heterocycles. The smallest absolute Gasteiger partial charge is 0.322 e. The standard InChI is InChI=1S/C22H28N4O4/c1-13-7-9-22(10-8-13)20(29)26(21(30)23-22)24-19(28)16-11-18(27)25(12-16)17-6-4-5-14(2)15(17)3/h4-6,13,16H,7-12H2,1-3H3,(H,23,30)(H,24,28). The number of imide groups is 1. The van der Waals surface area contributed by atoms with Gasteiger partial charge >= 0.3 is 6.03 Å². The van der Waals surface area contributed by atoms with E-state index < -0.39 is 29.3 Å². The largest absolute Gasteiger partial charge is 0.344 e. The maximum Gasteiger partial charge on any atom is 0.344 e. The molecule has 1 aromatic rings. The Hall–Kier alpha value is -2.90. The van der Waals surface area contributed by atoms with Crippen LogP contribution in [-0.4, -0.2) is 40.8 Å². The summed E-state index contributed by atoms with van der Waals surface area (Å²) in [5.74, 6) is -1.13. The van der Waals surface area contributed by atoms with Crippen molar-refractivity contribution in [3.8, 4) is 0 Å². The molecule has 0 radical (unpaired) electrons. The lowest BCUT2D eigenvalue weighted by Crippen LogP contribution is -2.52. The van der Waals surface area contributed by atoms with Gasteiger partial charge in [0.1, 0.15) is 5.54 Å². The number of anilines is 1. The van der Waals surface area contributed by atoms with Crippen molar-refractivity contribution in [1.29, 1.82) is 0 Å². The number of benzene rings is 1. The summed E-state index contributed by atoms with van der Waals surface area (Å²) in [6.45, 7) is 6.28. The van der Waals surface area contributed by atoms with Gasteiger partial charge in [0.05, 0.1) is 5.92 Å². The Bertz CT molecular complexity index is 920. The van der Waals surface area contributed by atoms with Crippen LogP contribution in [0.25, 0.3) is 0 Å². The highest BCUT2D eigenvalue weighted by molar-refractivity contribution is 6.08. The predicted octanol–water partition coefficient (Wildman–Crippen LogP) is 2.19. The van der Waals surface area contributed by atoms with Gasteiger partial charge in [-0.3, -0.25) is 19.8 Å². The molecule has 2 saturated heterocycles. The van der Waals surface area contributed by atoms with Crippen LogP contribution in [0.1, 0.15) is 50.2 Å². The summed E-state index contributed by atoms with van der Waals surface area (Å²) in [5.41, 5.74) is 4.42. The second kappa shape index (κ2) is 7.41. The number of amides is 5. The van der Waals surface area contributed by atoms with E-state index in [1.807, 2.05) is 32.0 Å². The van der Waals surface area contributed by atoms with Crippen molar-refractivity contribution in [2.24, 2.45) is 11.8 Å². The van der Waals surface area contributed by atoms with Crippen LogP contribution in [0.3, 0.4) is 0 Å². The maximum atomic E-state index is 12.9. The molecule has 1 unspecified atom stereocenters. The summed E-state index contributed by atoms with van der Waals surface area (Å²) in [4.78, 5) is 52.4. The van der Waals surface area contributed by atoms with Crippen LogP contribution in [0.5, 0.6) is 0 Å². The molecule has 5 amide bonds. The summed E-state index contributed by atoms with van der Waals surface area (Å²) in [7, 11) is 0. The Morgan fingerprint density at radius 1 is 1.17 bits per heavy atom. The van der Waals surface area contributed by atoms with E-state index in [-0.39, 0.29) is 18.9 Å². The molecule has 8 nitrogen and oxygen atoms in total. The number of carbonyl (C=O) groups excluding carboxylic acids is 4. The molecule has 2 N–H and O–H groups in total. The summed E-state index contributed by atoms with van der Waals surface area (Å²) in [6, 6.07) is 5.13. The third-order valence-electron chi connectivity index (χ3n) is 6.87.